The molecule has 1 heterocycles. The molecule has 0 unspecified atom stereocenters. The molecule has 0 saturated heterocycles. The van der Waals surface area contributed by atoms with Gasteiger partial charge in [-0.05, 0) is 24.6 Å². The van der Waals surface area contributed by atoms with Crippen LogP contribution in [0.1, 0.15) is 44.7 Å². The van der Waals surface area contributed by atoms with E-state index in [1.54, 1.807) is 0 Å². The van der Waals surface area contributed by atoms with Crippen LogP contribution in [0, 0.1) is 11.8 Å². The van der Waals surface area contributed by atoms with Crippen LogP contribution in [0.3, 0.4) is 0 Å². The fourth-order valence-corrected chi connectivity index (χ4v) is 2.08. The molecule has 1 aromatic heterocycles. The summed E-state index contributed by atoms with van der Waals surface area (Å²) in [7, 11) is 0. The minimum Gasteiger partial charge on any atom is -0.278 e. The number of unbranched alkanes of at least 4 members (excludes halogenated alkanes) is 4. The lowest BCUT2D eigenvalue weighted by atomic mass is 10.1. The van der Waals surface area contributed by atoms with Gasteiger partial charge in [0.15, 0.2) is 0 Å². The second-order valence-electron chi connectivity index (χ2n) is 5.04. The Bertz CT molecular complexity index is 612. The zero-order valence-electron chi connectivity index (χ0n) is 12.6. The second-order valence-corrected chi connectivity index (χ2v) is 5.04. The summed E-state index contributed by atoms with van der Waals surface area (Å²) in [4.78, 5) is 0. The number of benzene rings is 1. The van der Waals surface area contributed by atoms with Crippen molar-refractivity contribution in [3.8, 4) is 23.1 Å². The smallest absolute Gasteiger partial charge is 0.0926 e. The fourth-order valence-electron chi connectivity index (χ4n) is 2.08. The number of hydrogen-bond donors (Lipinski definition) is 1. The van der Waals surface area contributed by atoms with Gasteiger partial charge in [0.05, 0.1) is 11.4 Å². The Hall–Kier alpha value is -2.27. The number of hydrogen-bond acceptors (Lipinski definition) is 1. The Balaban J connectivity index is 1.83. The first-order valence-electron chi connectivity index (χ1n) is 7.66. The summed E-state index contributed by atoms with van der Waals surface area (Å²) in [6.07, 6.45) is 9.93. The topological polar surface area (TPSA) is 28.7 Å². The van der Waals surface area contributed by atoms with Gasteiger partial charge in [-0.1, -0.05) is 68.4 Å². The molecule has 2 nitrogen and oxygen atoms in total. The second kappa shape index (κ2) is 8.81. The van der Waals surface area contributed by atoms with E-state index in [-0.39, 0.29) is 0 Å². The van der Waals surface area contributed by atoms with Crippen molar-refractivity contribution in [1.82, 2.24) is 10.2 Å². The van der Waals surface area contributed by atoms with Crippen molar-refractivity contribution >= 4 is 6.08 Å². The van der Waals surface area contributed by atoms with E-state index < -0.39 is 0 Å². The predicted octanol–water partition coefficient (Wildman–Crippen LogP) is 5.06. The van der Waals surface area contributed by atoms with Crippen molar-refractivity contribution in [2.24, 2.45) is 0 Å². The quantitative estimate of drug-likeness (QED) is 0.580. The normalized spacial score (nSPS) is 10.5. The fraction of sp³-hybridized carbons (Fsp3) is 0.316. The van der Waals surface area contributed by atoms with Crippen LogP contribution in [-0.2, 0) is 0 Å². The first-order chi connectivity index (χ1) is 10.4. The van der Waals surface area contributed by atoms with E-state index >= 15 is 0 Å². The summed E-state index contributed by atoms with van der Waals surface area (Å²) in [6, 6.07) is 12.2. The highest BCUT2D eigenvalue weighted by molar-refractivity contribution is 5.62. The summed E-state index contributed by atoms with van der Waals surface area (Å²) >= 11 is 0. The SMILES string of the molecule is CCCCCCC#C/C=C\c1cc(-c2ccccc2)n[nH]1. The third-order valence-corrected chi connectivity index (χ3v) is 3.27. The van der Waals surface area contributed by atoms with Gasteiger partial charge in [0, 0.05) is 12.0 Å². The van der Waals surface area contributed by atoms with Crippen LogP contribution in [0.5, 0.6) is 0 Å². The van der Waals surface area contributed by atoms with Gasteiger partial charge < -0.3 is 0 Å². The molecule has 0 aliphatic carbocycles. The van der Waals surface area contributed by atoms with Gasteiger partial charge in [0.1, 0.15) is 0 Å². The molecule has 2 heteroatoms. The first kappa shape index (κ1) is 15.1. The minimum atomic E-state index is 0.961. The summed E-state index contributed by atoms with van der Waals surface area (Å²) in [5, 5.41) is 7.33. The zero-order chi connectivity index (χ0) is 14.8. The van der Waals surface area contributed by atoms with Crippen LogP contribution in [-0.4, -0.2) is 10.2 Å². The van der Waals surface area contributed by atoms with Crippen LogP contribution >= 0.6 is 0 Å². The van der Waals surface area contributed by atoms with E-state index in [0.29, 0.717) is 0 Å². The standard InChI is InChI=1S/C19H22N2/c1-2-3-4-5-6-7-8-12-15-18-16-19(21-20-18)17-13-10-9-11-14-17/h9-16H,2-6H2,1H3,(H,20,21)/b15-12-. The molecule has 21 heavy (non-hydrogen) atoms. The molecule has 0 radical (unpaired) electrons. The van der Waals surface area contributed by atoms with Crippen LogP contribution in [0.25, 0.3) is 17.3 Å². The van der Waals surface area contributed by atoms with Gasteiger partial charge in [-0.15, -0.1) is 0 Å². The lowest BCUT2D eigenvalue weighted by molar-refractivity contribution is 0.680. The molecule has 1 aromatic carbocycles. The Morgan fingerprint density at radius 2 is 2.00 bits per heavy atom. The van der Waals surface area contributed by atoms with E-state index in [0.717, 1.165) is 23.4 Å². The Kier molecular flexibility index (Phi) is 6.35. The molecule has 0 spiro atoms. The molecule has 2 aromatic rings. The number of nitrogens with one attached hydrogen (secondary N) is 1. The number of aromatic nitrogens is 2. The van der Waals surface area contributed by atoms with Crippen LogP contribution in [0.4, 0.5) is 0 Å². The Morgan fingerprint density at radius 3 is 2.81 bits per heavy atom. The van der Waals surface area contributed by atoms with E-state index in [9.17, 15) is 0 Å². The summed E-state index contributed by atoms with van der Waals surface area (Å²) in [5.74, 6) is 6.26. The summed E-state index contributed by atoms with van der Waals surface area (Å²) < 4.78 is 0. The molecule has 0 bridgehead atoms. The molecule has 0 aliphatic rings. The molecule has 0 amide bonds. The van der Waals surface area contributed by atoms with E-state index in [2.05, 4.69) is 41.1 Å². The van der Waals surface area contributed by atoms with Gasteiger partial charge in [-0.2, -0.15) is 5.10 Å². The maximum Gasteiger partial charge on any atom is 0.0926 e. The van der Waals surface area contributed by atoms with Crippen molar-refractivity contribution in [2.45, 2.75) is 39.0 Å². The minimum absolute atomic E-state index is 0.961. The van der Waals surface area contributed by atoms with Crippen molar-refractivity contribution < 1.29 is 0 Å². The van der Waals surface area contributed by atoms with Gasteiger partial charge in [-0.25, -0.2) is 0 Å². The summed E-state index contributed by atoms with van der Waals surface area (Å²) in [5.41, 5.74) is 3.06. The predicted molar refractivity (Wildman–Crippen MR) is 89.6 cm³/mol. The van der Waals surface area contributed by atoms with Crippen molar-refractivity contribution in [2.75, 3.05) is 0 Å². The first-order valence-corrected chi connectivity index (χ1v) is 7.66. The molecule has 0 aliphatic heterocycles. The van der Waals surface area contributed by atoms with Crippen LogP contribution < -0.4 is 0 Å². The van der Waals surface area contributed by atoms with E-state index in [1.807, 2.05) is 36.4 Å². The molecule has 108 valence electrons. The van der Waals surface area contributed by atoms with E-state index in [1.165, 1.54) is 25.7 Å². The van der Waals surface area contributed by atoms with Crippen molar-refractivity contribution in [3.63, 3.8) is 0 Å². The lowest BCUT2D eigenvalue weighted by Gasteiger charge is -1.92. The largest absolute Gasteiger partial charge is 0.278 e. The van der Waals surface area contributed by atoms with Gasteiger partial charge >= 0.3 is 0 Å². The number of allylic oxidation sites excluding steroid dienone is 1. The number of H-pyrrole nitrogens is 1. The maximum atomic E-state index is 4.31. The maximum absolute atomic E-state index is 4.31. The highest BCUT2D eigenvalue weighted by atomic mass is 15.1. The molecule has 0 fully saturated rings. The molecule has 2 rings (SSSR count). The van der Waals surface area contributed by atoms with Gasteiger partial charge in [0.2, 0.25) is 0 Å². The van der Waals surface area contributed by atoms with Crippen LogP contribution in [0.2, 0.25) is 0 Å². The highest BCUT2D eigenvalue weighted by Gasteiger charge is 2.00. The highest BCUT2D eigenvalue weighted by Crippen LogP contribution is 2.17. The molecular formula is C19H22N2. The monoisotopic (exact) mass is 278 g/mol. The third kappa shape index (κ3) is 5.31. The number of aromatic amines is 1. The summed E-state index contributed by atoms with van der Waals surface area (Å²) in [6.45, 7) is 2.22. The van der Waals surface area contributed by atoms with Crippen molar-refractivity contribution in [3.05, 3.63) is 48.2 Å². The Morgan fingerprint density at radius 1 is 1.14 bits per heavy atom. The third-order valence-electron chi connectivity index (χ3n) is 3.27. The van der Waals surface area contributed by atoms with Gasteiger partial charge in [-0.3, -0.25) is 5.10 Å². The Labute approximate surface area is 127 Å². The van der Waals surface area contributed by atoms with E-state index in [4.69, 9.17) is 0 Å². The molecular weight excluding hydrogens is 256 g/mol. The average Bonchev–Trinajstić information content (AvgIpc) is 3.00. The van der Waals surface area contributed by atoms with Crippen LogP contribution in [0.15, 0.2) is 42.5 Å². The zero-order valence-corrected chi connectivity index (χ0v) is 12.6. The molecule has 1 N–H and O–H groups in total. The molecule has 0 saturated carbocycles. The number of nitrogens with zero attached hydrogens (tertiary/aromatic N) is 1. The average molecular weight is 278 g/mol. The van der Waals surface area contributed by atoms with Crippen molar-refractivity contribution in [1.29, 1.82) is 0 Å². The molecule has 0 atom stereocenters. The lowest BCUT2D eigenvalue weighted by Crippen LogP contribution is -1.75. The number of rotatable bonds is 6. The van der Waals surface area contributed by atoms with Gasteiger partial charge in [0.25, 0.3) is 0 Å².